The number of amides is 1. The van der Waals surface area contributed by atoms with Gasteiger partial charge in [-0.3, -0.25) is 4.79 Å². The van der Waals surface area contributed by atoms with E-state index in [0.717, 1.165) is 12.1 Å². The Labute approximate surface area is 102 Å². The van der Waals surface area contributed by atoms with Crippen molar-refractivity contribution in [1.29, 1.82) is 0 Å². The molecule has 1 unspecified atom stereocenters. The van der Waals surface area contributed by atoms with Crippen molar-refractivity contribution in [2.45, 2.75) is 32.3 Å². The molecule has 2 N–H and O–H groups in total. The predicted octanol–water partition coefficient (Wildman–Crippen LogP) is 2.73. The van der Waals surface area contributed by atoms with E-state index in [4.69, 9.17) is 0 Å². The van der Waals surface area contributed by atoms with E-state index in [1.807, 2.05) is 43.3 Å². The van der Waals surface area contributed by atoms with Crippen molar-refractivity contribution in [2.24, 2.45) is 0 Å². The minimum Gasteiger partial charge on any atom is -0.386 e. The fraction of sp³-hybridized carbons (Fsp3) is 0.357. The van der Waals surface area contributed by atoms with Gasteiger partial charge < -0.3 is 10.4 Å². The third-order valence-corrected chi connectivity index (χ3v) is 2.29. The highest BCUT2D eigenvalue weighted by atomic mass is 16.3. The lowest BCUT2D eigenvalue weighted by atomic mass is 10.0. The molecule has 3 nitrogen and oxygen atoms in total. The highest BCUT2D eigenvalue weighted by molar-refractivity contribution is 5.91. The first kappa shape index (κ1) is 13.5. The molecule has 92 valence electrons. The number of para-hydroxylation sites is 1. The summed E-state index contributed by atoms with van der Waals surface area (Å²) in [4.78, 5) is 11.7. The summed E-state index contributed by atoms with van der Waals surface area (Å²) in [5.41, 5.74) is -0.345. The quantitative estimate of drug-likeness (QED) is 0.768. The molecule has 1 aromatic carbocycles. The third kappa shape index (κ3) is 5.31. The second-order valence-corrected chi connectivity index (χ2v) is 4.26. The van der Waals surface area contributed by atoms with Gasteiger partial charge in [-0.2, -0.15) is 0 Å². The zero-order valence-electron chi connectivity index (χ0n) is 10.3. The van der Waals surface area contributed by atoms with Gasteiger partial charge in [0.05, 0.1) is 12.0 Å². The highest BCUT2D eigenvalue weighted by Gasteiger charge is 2.20. The van der Waals surface area contributed by atoms with Crippen molar-refractivity contribution in [3.63, 3.8) is 0 Å². The number of rotatable bonds is 5. The van der Waals surface area contributed by atoms with Gasteiger partial charge in [0.15, 0.2) is 0 Å². The molecule has 1 aromatic rings. The van der Waals surface area contributed by atoms with Gasteiger partial charge in [-0.15, -0.1) is 0 Å². The summed E-state index contributed by atoms with van der Waals surface area (Å²) < 4.78 is 0. The molecule has 3 heteroatoms. The second kappa shape index (κ2) is 6.21. The largest absolute Gasteiger partial charge is 0.386 e. The van der Waals surface area contributed by atoms with Crippen LogP contribution in [0.25, 0.3) is 0 Å². The summed E-state index contributed by atoms with van der Waals surface area (Å²) in [7, 11) is 0. The standard InChI is InChI=1S/C14H19NO2/c1-3-4-10-14(2,17)11-13(16)15-12-8-6-5-7-9-12/h4-10,17H,3,11H2,1-2H3,(H,15,16)/b10-4-. The number of carbonyl (C=O) groups excluding carboxylic acids is 1. The minimum atomic E-state index is -1.09. The van der Waals surface area contributed by atoms with Crippen molar-refractivity contribution in [2.75, 3.05) is 5.32 Å². The Balaban J connectivity index is 2.52. The number of hydrogen-bond donors (Lipinski definition) is 2. The lowest BCUT2D eigenvalue weighted by molar-refractivity contribution is -0.119. The van der Waals surface area contributed by atoms with Crippen LogP contribution in [-0.4, -0.2) is 16.6 Å². The van der Waals surface area contributed by atoms with Crippen LogP contribution in [0.3, 0.4) is 0 Å². The number of benzene rings is 1. The maximum atomic E-state index is 11.7. The summed E-state index contributed by atoms with van der Waals surface area (Å²) in [6.45, 7) is 3.61. The van der Waals surface area contributed by atoms with Gasteiger partial charge in [0.2, 0.25) is 5.91 Å². The number of aliphatic hydroxyl groups is 1. The average Bonchev–Trinajstić information content (AvgIpc) is 2.27. The number of hydrogen-bond acceptors (Lipinski definition) is 2. The first-order valence-corrected chi connectivity index (χ1v) is 5.78. The normalized spacial score (nSPS) is 14.5. The van der Waals surface area contributed by atoms with E-state index >= 15 is 0 Å². The van der Waals surface area contributed by atoms with Gasteiger partial charge in [-0.25, -0.2) is 0 Å². The first-order chi connectivity index (χ1) is 8.03. The van der Waals surface area contributed by atoms with E-state index in [1.165, 1.54) is 0 Å². The Bertz CT molecular complexity index is 382. The molecule has 0 spiro atoms. The summed E-state index contributed by atoms with van der Waals surface area (Å²) in [5, 5.41) is 12.7. The van der Waals surface area contributed by atoms with Crippen LogP contribution >= 0.6 is 0 Å². The average molecular weight is 233 g/mol. The molecular weight excluding hydrogens is 214 g/mol. The zero-order chi connectivity index (χ0) is 12.7. The fourth-order valence-corrected chi connectivity index (χ4v) is 1.48. The van der Waals surface area contributed by atoms with E-state index in [9.17, 15) is 9.90 Å². The molecule has 1 amide bonds. The molecule has 0 saturated heterocycles. The van der Waals surface area contributed by atoms with Crippen molar-refractivity contribution in [3.8, 4) is 0 Å². The van der Waals surface area contributed by atoms with Crippen molar-refractivity contribution in [1.82, 2.24) is 0 Å². The van der Waals surface area contributed by atoms with Gasteiger partial charge in [0.1, 0.15) is 0 Å². The lowest BCUT2D eigenvalue weighted by Crippen LogP contribution is -2.28. The highest BCUT2D eigenvalue weighted by Crippen LogP contribution is 2.14. The Morgan fingerprint density at radius 2 is 2.06 bits per heavy atom. The Kier molecular flexibility index (Phi) is 4.91. The molecule has 0 saturated carbocycles. The maximum Gasteiger partial charge on any atom is 0.227 e. The van der Waals surface area contributed by atoms with Crippen molar-refractivity contribution < 1.29 is 9.90 Å². The molecular formula is C14H19NO2. The molecule has 0 bridgehead atoms. The van der Waals surface area contributed by atoms with Crippen LogP contribution in [-0.2, 0) is 4.79 Å². The Morgan fingerprint density at radius 1 is 1.41 bits per heavy atom. The number of anilines is 1. The van der Waals surface area contributed by atoms with Crippen LogP contribution in [0.5, 0.6) is 0 Å². The van der Waals surface area contributed by atoms with Crippen LogP contribution < -0.4 is 5.32 Å². The zero-order valence-corrected chi connectivity index (χ0v) is 10.3. The monoisotopic (exact) mass is 233 g/mol. The molecule has 0 aliphatic heterocycles. The van der Waals surface area contributed by atoms with Gasteiger partial charge in [0, 0.05) is 5.69 Å². The van der Waals surface area contributed by atoms with E-state index in [-0.39, 0.29) is 12.3 Å². The minimum absolute atomic E-state index is 0.0540. The molecule has 0 heterocycles. The van der Waals surface area contributed by atoms with Gasteiger partial charge in [-0.1, -0.05) is 37.3 Å². The summed E-state index contributed by atoms with van der Waals surface area (Å²) in [5.74, 6) is -0.193. The third-order valence-electron chi connectivity index (χ3n) is 2.29. The second-order valence-electron chi connectivity index (χ2n) is 4.26. The van der Waals surface area contributed by atoms with E-state index in [2.05, 4.69) is 5.32 Å². The molecule has 0 aliphatic rings. The molecule has 0 aromatic heterocycles. The molecule has 0 fully saturated rings. The first-order valence-electron chi connectivity index (χ1n) is 5.78. The molecule has 1 atom stereocenters. The number of nitrogens with one attached hydrogen (secondary N) is 1. The summed E-state index contributed by atoms with van der Waals surface area (Å²) >= 11 is 0. The molecule has 1 rings (SSSR count). The van der Waals surface area contributed by atoms with E-state index in [1.54, 1.807) is 13.0 Å². The van der Waals surface area contributed by atoms with Crippen LogP contribution in [0.2, 0.25) is 0 Å². The number of carbonyl (C=O) groups is 1. The van der Waals surface area contributed by atoms with Gasteiger partial charge in [0.25, 0.3) is 0 Å². The van der Waals surface area contributed by atoms with Gasteiger partial charge in [-0.05, 0) is 25.5 Å². The van der Waals surface area contributed by atoms with Crippen LogP contribution in [0.1, 0.15) is 26.7 Å². The molecule has 0 aliphatic carbocycles. The summed E-state index contributed by atoms with van der Waals surface area (Å²) in [6, 6.07) is 9.22. The summed E-state index contributed by atoms with van der Waals surface area (Å²) in [6.07, 6.45) is 4.42. The Morgan fingerprint density at radius 3 is 2.65 bits per heavy atom. The predicted molar refractivity (Wildman–Crippen MR) is 69.7 cm³/mol. The molecule has 0 radical (unpaired) electrons. The molecule has 17 heavy (non-hydrogen) atoms. The lowest BCUT2D eigenvalue weighted by Gasteiger charge is -2.18. The smallest absolute Gasteiger partial charge is 0.227 e. The van der Waals surface area contributed by atoms with Crippen LogP contribution in [0, 0.1) is 0 Å². The van der Waals surface area contributed by atoms with Gasteiger partial charge >= 0.3 is 0 Å². The van der Waals surface area contributed by atoms with Crippen molar-refractivity contribution in [3.05, 3.63) is 42.5 Å². The fourth-order valence-electron chi connectivity index (χ4n) is 1.48. The topological polar surface area (TPSA) is 49.3 Å². The number of allylic oxidation sites excluding steroid dienone is 1. The van der Waals surface area contributed by atoms with Crippen molar-refractivity contribution >= 4 is 11.6 Å². The van der Waals surface area contributed by atoms with Crippen LogP contribution in [0.15, 0.2) is 42.5 Å². The van der Waals surface area contributed by atoms with Crippen LogP contribution in [0.4, 0.5) is 5.69 Å². The van der Waals surface area contributed by atoms with E-state index in [0.29, 0.717) is 0 Å². The maximum absolute atomic E-state index is 11.7. The SMILES string of the molecule is CC/C=C\C(C)(O)CC(=O)Nc1ccccc1. The Hall–Kier alpha value is -1.61. The van der Waals surface area contributed by atoms with E-state index < -0.39 is 5.60 Å².